The smallest absolute Gasteiger partial charge is 0.224 e. The molecule has 1 saturated heterocycles. The highest BCUT2D eigenvalue weighted by atomic mass is 16.2. The van der Waals surface area contributed by atoms with Gasteiger partial charge in [0.1, 0.15) is 0 Å². The summed E-state index contributed by atoms with van der Waals surface area (Å²) in [6, 6.07) is 0.690. The number of carbonyl (C=O) groups excluding carboxylic acids is 1. The highest BCUT2D eigenvalue weighted by Gasteiger charge is 2.31. The maximum absolute atomic E-state index is 12.2. The average molecular weight is 252 g/mol. The summed E-state index contributed by atoms with van der Waals surface area (Å²) in [7, 11) is 0. The summed E-state index contributed by atoms with van der Waals surface area (Å²) < 4.78 is 0. The summed E-state index contributed by atoms with van der Waals surface area (Å²) in [5, 5.41) is 6.62. The van der Waals surface area contributed by atoms with Crippen LogP contribution in [0.4, 0.5) is 0 Å². The van der Waals surface area contributed by atoms with Crippen molar-refractivity contribution in [1.29, 1.82) is 0 Å². The molecule has 3 atom stereocenters. The summed E-state index contributed by atoms with van der Waals surface area (Å²) in [4.78, 5) is 12.2. The van der Waals surface area contributed by atoms with Crippen LogP contribution in [0.2, 0.25) is 0 Å². The molecule has 2 fully saturated rings. The van der Waals surface area contributed by atoms with Gasteiger partial charge in [-0.3, -0.25) is 4.79 Å². The third-order valence-corrected chi connectivity index (χ3v) is 4.84. The summed E-state index contributed by atoms with van der Waals surface area (Å²) in [5.74, 6) is 1.14. The summed E-state index contributed by atoms with van der Waals surface area (Å²) >= 11 is 0. The van der Waals surface area contributed by atoms with Gasteiger partial charge in [0.05, 0.1) is 5.92 Å². The van der Waals surface area contributed by atoms with Crippen molar-refractivity contribution in [2.75, 3.05) is 6.54 Å². The Kier molecular flexibility index (Phi) is 5.04. The van der Waals surface area contributed by atoms with Gasteiger partial charge in [-0.15, -0.1) is 0 Å². The van der Waals surface area contributed by atoms with Gasteiger partial charge in [0.15, 0.2) is 0 Å². The van der Waals surface area contributed by atoms with Crippen LogP contribution in [0, 0.1) is 11.8 Å². The van der Waals surface area contributed by atoms with Crippen LogP contribution in [0.1, 0.15) is 58.8 Å². The van der Waals surface area contributed by atoms with Crippen LogP contribution < -0.4 is 10.6 Å². The van der Waals surface area contributed by atoms with Crippen molar-refractivity contribution >= 4 is 5.91 Å². The number of nitrogens with one attached hydrogen (secondary N) is 2. The van der Waals surface area contributed by atoms with Gasteiger partial charge >= 0.3 is 0 Å². The third-order valence-electron chi connectivity index (χ3n) is 4.84. The zero-order valence-electron chi connectivity index (χ0n) is 11.9. The highest BCUT2D eigenvalue weighted by Crippen LogP contribution is 2.26. The van der Waals surface area contributed by atoms with Gasteiger partial charge in [0.25, 0.3) is 0 Å². The van der Waals surface area contributed by atoms with Crippen molar-refractivity contribution in [2.45, 2.75) is 70.9 Å². The number of amides is 1. The first-order chi connectivity index (χ1) is 8.68. The molecule has 1 aliphatic carbocycles. The lowest BCUT2D eigenvalue weighted by Crippen LogP contribution is -2.43. The molecule has 1 saturated carbocycles. The number of rotatable bonds is 3. The summed E-state index contributed by atoms with van der Waals surface area (Å²) in [5.41, 5.74) is 0. The van der Waals surface area contributed by atoms with Crippen molar-refractivity contribution in [2.24, 2.45) is 11.8 Å². The van der Waals surface area contributed by atoms with E-state index >= 15 is 0 Å². The van der Waals surface area contributed by atoms with E-state index in [-0.39, 0.29) is 11.8 Å². The molecule has 1 aliphatic heterocycles. The fourth-order valence-corrected chi connectivity index (χ4v) is 3.48. The molecule has 2 unspecified atom stereocenters. The van der Waals surface area contributed by atoms with Gasteiger partial charge in [-0.05, 0) is 45.6 Å². The first-order valence-corrected chi connectivity index (χ1v) is 7.72. The van der Waals surface area contributed by atoms with Crippen LogP contribution in [0.5, 0.6) is 0 Å². The van der Waals surface area contributed by atoms with E-state index in [1.165, 1.54) is 38.5 Å². The average Bonchev–Trinajstić information content (AvgIpc) is 2.63. The zero-order chi connectivity index (χ0) is 13.0. The predicted molar refractivity (Wildman–Crippen MR) is 74.4 cm³/mol. The predicted octanol–water partition coefficient (Wildman–Crippen LogP) is 2.46. The monoisotopic (exact) mass is 252 g/mol. The van der Waals surface area contributed by atoms with Gasteiger partial charge in [-0.1, -0.05) is 25.7 Å². The fourth-order valence-electron chi connectivity index (χ4n) is 3.48. The Bertz CT molecular complexity index is 272. The second-order valence-electron chi connectivity index (χ2n) is 6.19. The van der Waals surface area contributed by atoms with E-state index < -0.39 is 0 Å². The van der Waals surface area contributed by atoms with Gasteiger partial charge < -0.3 is 10.6 Å². The van der Waals surface area contributed by atoms with Gasteiger partial charge in [-0.25, -0.2) is 0 Å². The molecule has 3 heteroatoms. The Hall–Kier alpha value is -0.570. The fraction of sp³-hybridized carbons (Fsp3) is 0.933. The Morgan fingerprint density at radius 2 is 1.83 bits per heavy atom. The molecule has 0 aromatic heterocycles. The molecule has 0 spiro atoms. The molecule has 18 heavy (non-hydrogen) atoms. The second-order valence-corrected chi connectivity index (χ2v) is 6.19. The second kappa shape index (κ2) is 6.55. The van der Waals surface area contributed by atoms with Crippen molar-refractivity contribution in [1.82, 2.24) is 10.6 Å². The Morgan fingerprint density at radius 1 is 1.17 bits per heavy atom. The molecule has 0 aromatic carbocycles. The largest absolute Gasteiger partial charge is 0.353 e. The molecule has 0 aromatic rings. The molecule has 0 radical (unpaired) electrons. The zero-order valence-corrected chi connectivity index (χ0v) is 11.9. The first-order valence-electron chi connectivity index (χ1n) is 7.72. The number of hydrogen-bond acceptors (Lipinski definition) is 2. The van der Waals surface area contributed by atoms with E-state index in [0.29, 0.717) is 18.0 Å². The SMILES string of the molecule is CC1NCCC1C(=O)N[C@@H](C)C1CCCCCC1. The molecule has 2 rings (SSSR count). The maximum Gasteiger partial charge on any atom is 0.224 e. The highest BCUT2D eigenvalue weighted by molar-refractivity contribution is 5.80. The Balaban J connectivity index is 1.82. The van der Waals surface area contributed by atoms with Crippen molar-refractivity contribution < 1.29 is 4.79 Å². The van der Waals surface area contributed by atoms with E-state index in [0.717, 1.165) is 13.0 Å². The lowest BCUT2D eigenvalue weighted by molar-refractivity contribution is -0.126. The van der Waals surface area contributed by atoms with Crippen LogP contribution in [0.3, 0.4) is 0 Å². The Labute approximate surface area is 111 Å². The van der Waals surface area contributed by atoms with Crippen molar-refractivity contribution in [3.05, 3.63) is 0 Å². The maximum atomic E-state index is 12.2. The lowest BCUT2D eigenvalue weighted by Gasteiger charge is -2.26. The van der Waals surface area contributed by atoms with E-state index in [1.807, 2.05) is 0 Å². The molecule has 104 valence electrons. The van der Waals surface area contributed by atoms with Gasteiger partial charge in [-0.2, -0.15) is 0 Å². The van der Waals surface area contributed by atoms with E-state index in [4.69, 9.17) is 0 Å². The molecule has 2 N–H and O–H groups in total. The standard InChI is InChI=1S/C15H28N2O/c1-11(13-7-5-3-4-6-8-13)17-15(18)14-9-10-16-12(14)2/h11-14,16H,3-10H2,1-2H3,(H,17,18)/t11-,12?,14?/m0/s1. The topological polar surface area (TPSA) is 41.1 Å². The molecule has 1 heterocycles. The number of hydrogen-bond donors (Lipinski definition) is 2. The molecule has 1 amide bonds. The first kappa shape index (κ1) is 13.9. The minimum Gasteiger partial charge on any atom is -0.353 e. The quantitative estimate of drug-likeness (QED) is 0.758. The van der Waals surface area contributed by atoms with E-state index in [9.17, 15) is 4.79 Å². The van der Waals surface area contributed by atoms with Crippen molar-refractivity contribution in [3.63, 3.8) is 0 Å². The number of carbonyl (C=O) groups is 1. The summed E-state index contributed by atoms with van der Waals surface area (Å²) in [6.07, 6.45) is 9.00. The molecular formula is C15H28N2O. The Morgan fingerprint density at radius 3 is 2.39 bits per heavy atom. The minimum atomic E-state index is 0.179. The molecular weight excluding hydrogens is 224 g/mol. The lowest BCUT2D eigenvalue weighted by atomic mass is 9.92. The van der Waals surface area contributed by atoms with Gasteiger partial charge in [0, 0.05) is 12.1 Å². The van der Waals surface area contributed by atoms with E-state index in [2.05, 4.69) is 24.5 Å². The summed E-state index contributed by atoms with van der Waals surface area (Å²) in [6.45, 7) is 5.30. The molecule has 0 bridgehead atoms. The van der Waals surface area contributed by atoms with E-state index in [1.54, 1.807) is 0 Å². The normalized spacial score (nSPS) is 31.9. The molecule has 2 aliphatic rings. The minimum absolute atomic E-state index is 0.179. The van der Waals surface area contributed by atoms with Crippen LogP contribution in [0.15, 0.2) is 0 Å². The van der Waals surface area contributed by atoms with Crippen LogP contribution >= 0.6 is 0 Å². The van der Waals surface area contributed by atoms with Crippen LogP contribution in [-0.4, -0.2) is 24.5 Å². The van der Waals surface area contributed by atoms with Crippen LogP contribution in [-0.2, 0) is 4.79 Å². The third kappa shape index (κ3) is 3.47. The molecule has 3 nitrogen and oxygen atoms in total. The van der Waals surface area contributed by atoms with Crippen LogP contribution in [0.25, 0.3) is 0 Å². The van der Waals surface area contributed by atoms with Crippen molar-refractivity contribution in [3.8, 4) is 0 Å². The van der Waals surface area contributed by atoms with Gasteiger partial charge in [0.2, 0.25) is 5.91 Å².